The number of hydrogen-bond donors (Lipinski definition) is 0. The van der Waals surface area contributed by atoms with E-state index in [2.05, 4.69) is 15.9 Å². The van der Waals surface area contributed by atoms with Crippen LogP contribution in [0.4, 0.5) is 4.39 Å². The Balaban J connectivity index is 2.35. The predicted molar refractivity (Wildman–Crippen MR) is 62.0 cm³/mol. The summed E-state index contributed by atoms with van der Waals surface area (Å²) in [7, 11) is 0. The number of carbonyl (C=O) groups excluding carboxylic acids is 1. The maximum atomic E-state index is 13.7. The Kier molecular flexibility index (Phi) is 3.62. The van der Waals surface area contributed by atoms with Crippen molar-refractivity contribution in [3.05, 3.63) is 33.0 Å². The molecule has 1 fully saturated rings. The van der Waals surface area contributed by atoms with Crippen molar-refractivity contribution in [2.45, 2.75) is 18.9 Å². The third-order valence-electron chi connectivity index (χ3n) is 2.48. The minimum absolute atomic E-state index is 0.0784. The summed E-state index contributed by atoms with van der Waals surface area (Å²) in [5.74, 6) is -0.367. The van der Waals surface area contributed by atoms with Crippen molar-refractivity contribution in [2.24, 2.45) is 0 Å². The molecule has 1 atom stereocenters. The van der Waals surface area contributed by atoms with Gasteiger partial charge >= 0.3 is 0 Å². The molecule has 1 saturated heterocycles. The first kappa shape index (κ1) is 12.0. The minimum atomic E-state index is -0.554. The van der Waals surface area contributed by atoms with Crippen LogP contribution in [0.15, 0.2) is 16.6 Å². The van der Waals surface area contributed by atoms with Gasteiger partial charge < -0.3 is 4.74 Å². The maximum Gasteiger partial charge on any atom is 0.138 e. The minimum Gasteiger partial charge on any atom is -0.372 e. The van der Waals surface area contributed by atoms with E-state index < -0.39 is 11.9 Å². The number of Topliss-reactive ketones (excluding diaryl/α,β-unsaturated/α-hetero) is 1. The molecule has 0 amide bonds. The van der Waals surface area contributed by atoms with Crippen LogP contribution in [0.5, 0.6) is 0 Å². The number of ether oxygens (including phenoxy) is 1. The van der Waals surface area contributed by atoms with Crippen molar-refractivity contribution in [1.29, 1.82) is 0 Å². The highest BCUT2D eigenvalue weighted by atomic mass is 79.9. The highest BCUT2D eigenvalue weighted by Gasteiger charge is 2.26. The Morgan fingerprint density at radius 3 is 2.88 bits per heavy atom. The van der Waals surface area contributed by atoms with Gasteiger partial charge in [-0.15, -0.1) is 0 Å². The van der Waals surface area contributed by atoms with E-state index in [-0.39, 0.29) is 22.8 Å². The molecule has 0 N–H and O–H groups in total. The van der Waals surface area contributed by atoms with Crippen LogP contribution in [-0.2, 0) is 9.53 Å². The quantitative estimate of drug-likeness (QED) is 0.791. The summed E-state index contributed by atoms with van der Waals surface area (Å²) in [6.07, 6.45) is 0.0340. The van der Waals surface area contributed by atoms with Crippen molar-refractivity contribution in [3.63, 3.8) is 0 Å². The standard InChI is InChI=1S/C11H9BrClFO2/c12-6-3-8(13)11(9(14)4-6)10-5-7(15)1-2-16-10/h3-4,10H,1-2,5H2. The van der Waals surface area contributed by atoms with Gasteiger partial charge in [-0.3, -0.25) is 4.79 Å². The molecule has 1 heterocycles. The first-order valence-electron chi connectivity index (χ1n) is 4.85. The van der Waals surface area contributed by atoms with E-state index >= 15 is 0 Å². The Bertz CT molecular complexity index is 413. The molecule has 1 aromatic rings. The van der Waals surface area contributed by atoms with Crippen LogP contribution in [0.1, 0.15) is 24.5 Å². The number of benzene rings is 1. The molecule has 1 aliphatic rings. The van der Waals surface area contributed by atoms with Crippen molar-refractivity contribution < 1.29 is 13.9 Å². The number of halogens is 3. The fourth-order valence-electron chi connectivity index (χ4n) is 1.73. The van der Waals surface area contributed by atoms with E-state index in [1.54, 1.807) is 6.07 Å². The highest BCUT2D eigenvalue weighted by Crippen LogP contribution is 2.35. The first-order chi connectivity index (χ1) is 7.58. The molecule has 0 radical (unpaired) electrons. The third-order valence-corrected chi connectivity index (χ3v) is 3.25. The molecule has 0 spiro atoms. The van der Waals surface area contributed by atoms with Gasteiger partial charge in [0.25, 0.3) is 0 Å². The van der Waals surface area contributed by atoms with Gasteiger partial charge in [-0.1, -0.05) is 27.5 Å². The fourth-order valence-corrected chi connectivity index (χ4v) is 2.62. The van der Waals surface area contributed by atoms with Crippen molar-refractivity contribution in [2.75, 3.05) is 6.61 Å². The lowest BCUT2D eigenvalue weighted by atomic mass is 10.00. The zero-order valence-electron chi connectivity index (χ0n) is 8.30. The van der Waals surface area contributed by atoms with E-state index in [1.807, 2.05) is 0 Å². The highest BCUT2D eigenvalue weighted by molar-refractivity contribution is 9.10. The van der Waals surface area contributed by atoms with Gasteiger partial charge in [0.2, 0.25) is 0 Å². The predicted octanol–water partition coefficient (Wildman–Crippen LogP) is 3.66. The molecule has 1 aliphatic heterocycles. The molecule has 0 aromatic heterocycles. The largest absolute Gasteiger partial charge is 0.372 e. The molecule has 0 saturated carbocycles. The van der Waals surface area contributed by atoms with Crippen LogP contribution in [-0.4, -0.2) is 12.4 Å². The van der Waals surface area contributed by atoms with Crippen LogP contribution in [0.3, 0.4) is 0 Å². The van der Waals surface area contributed by atoms with Gasteiger partial charge in [0.1, 0.15) is 11.6 Å². The fraction of sp³-hybridized carbons (Fsp3) is 0.364. The summed E-state index contributed by atoms with van der Waals surface area (Å²) in [6, 6.07) is 2.92. The average molecular weight is 308 g/mol. The number of carbonyl (C=O) groups is 1. The number of rotatable bonds is 1. The Labute approximate surface area is 106 Å². The van der Waals surface area contributed by atoms with E-state index in [4.69, 9.17) is 16.3 Å². The van der Waals surface area contributed by atoms with Gasteiger partial charge in [0.15, 0.2) is 0 Å². The molecule has 1 unspecified atom stereocenters. The smallest absolute Gasteiger partial charge is 0.138 e. The first-order valence-corrected chi connectivity index (χ1v) is 6.03. The van der Waals surface area contributed by atoms with E-state index in [1.165, 1.54) is 6.07 Å². The van der Waals surface area contributed by atoms with Crippen molar-refractivity contribution in [1.82, 2.24) is 0 Å². The molecule has 86 valence electrons. The van der Waals surface area contributed by atoms with Crippen LogP contribution in [0.25, 0.3) is 0 Å². The second-order valence-corrected chi connectivity index (χ2v) is 4.96. The maximum absolute atomic E-state index is 13.7. The van der Waals surface area contributed by atoms with Crippen LogP contribution < -0.4 is 0 Å². The molecule has 0 bridgehead atoms. The summed E-state index contributed by atoms with van der Waals surface area (Å²) in [5, 5.41) is 0.284. The third kappa shape index (κ3) is 2.44. The summed E-state index contributed by atoms with van der Waals surface area (Å²) in [5.41, 5.74) is 0.276. The summed E-state index contributed by atoms with van der Waals surface area (Å²) >= 11 is 9.11. The van der Waals surface area contributed by atoms with Gasteiger partial charge in [-0.2, -0.15) is 0 Å². The molecular formula is C11H9BrClFO2. The lowest BCUT2D eigenvalue weighted by molar-refractivity contribution is -0.128. The second kappa shape index (κ2) is 4.82. The number of hydrogen-bond acceptors (Lipinski definition) is 2. The topological polar surface area (TPSA) is 26.3 Å². The van der Waals surface area contributed by atoms with Crippen molar-refractivity contribution in [3.8, 4) is 0 Å². The van der Waals surface area contributed by atoms with Crippen LogP contribution >= 0.6 is 27.5 Å². The zero-order chi connectivity index (χ0) is 11.7. The average Bonchev–Trinajstić information content (AvgIpc) is 2.15. The lowest BCUT2D eigenvalue weighted by Gasteiger charge is -2.23. The van der Waals surface area contributed by atoms with Gasteiger partial charge in [-0.25, -0.2) is 4.39 Å². The normalized spacial score (nSPS) is 21.2. The number of ketones is 1. The molecule has 0 aliphatic carbocycles. The molecule has 2 rings (SSSR count). The van der Waals surface area contributed by atoms with Gasteiger partial charge in [0.05, 0.1) is 17.7 Å². The molecule has 1 aromatic carbocycles. The summed E-state index contributed by atoms with van der Waals surface area (Å²) in [6.45, 7) is 0.329. The zero-order valence-corrected chi connectivity index (χ0v) is 10.6. The Morgan fingerprint density at radius 2 is 2.25 bits per heavy atom. The van der Waals surface area contributed by atoms with Crippen LogP contribution in [0.2, 0.25) is 5.02 Å². The van der Waals surface area contributed by atoms with Crippen molar-refractivity contribution >= 4 is 33.3 Å². The second-order valence-electron chi connectivity index (χ2n) is 3.64. The van der Waals surface area contributed by atoms with Gasteiger partial charge in [0, 0.05) is 22.9 Å². The SMILES string of the molecule is O=C1CCOC(c2c(F)cc(Br)cc2Cl)C1. The van der Waals surface area contributed by atoms with E-state index in [0.717, 1.165) is 0 Å². The molecule has 16 heavy (non-hydrogen) atoms. The molecule has 2 nitrogen and oxygen atoms in total. The Hall–Kier alpha value is -0.450. The van der Waals surface area contributed by atoms with Crippen LogP contribution in [0, 0.1) is 5.82 Å². The monoisotopic (exact) mass is 306 g/mol. The van der Waals surface area contributed by atoms with E-state index in [9.17, 15) is 9.18 Å². The Morgan fingerprint density at radius 1 is 1.50 bits per heavy atom. The van der Waals surface area contributed by atoms with Gasteiger partial charge in [-0.05, 0) is 12.1 Å². The van der Waals surface area contributed by atoms with E-state index in [0.29, 0.717) is 17.5 Å². The molecule has 5 heteroatoms. The summed E-state index contributed by atoms with van der Waals surface area (Å²) in [4.78, 5) is 11.3. The lowest BCUT2D eigenvalue weighted by Crippen LogP contribution is -2.20. The molecular weight excluding hydrogens is 298 g/mol. The summed E-state index contributed by atoms with van der Waals surface area (Å²) < 4.78 is 19.7.